The van der Waals surface area contributed by atoms with E-state index in [0.29, 0.717) is 16.4 Å². The SMILES string of the molecule is N/C=C(/Cl)c1[nH]ccc1N. The van der Waals surface area contributed by atoms with Crippen LogP contribution in [-0.2, 0) is 0 Å². The third kappa shape index (κ3) is 1.09. The largest absolute Gasteiger partial charge is 0.403 e. The van der Waals surface area contributed by atoms with E-state index in [-0.39, 0.29) is 0 Å². The minimum absolute atomic E-state index is 0.433. The summed E-state index contributed by atoms with van der Waals surface area (Å²) in [5, 5.41) is 0.433. The number of hydrogen-bond acceptors (Lipinski definition) is 2. The highest BCUT2D eigenvalue weighted by Crippen LogP contribution is 2.21. The number of nitrogens with one attached hydrogen (secondary N) is 1. The fraction of sp³-hybridized carbons (Fsp3) is 0. The monoisotopic (exact) mass is 157 g/mol. The summed E-state index contributed by atoms with van der Waals surface area (Å²) in [6, 6.07) is 1.72. The van der Waals surface area contributed by atoms with Crippen LogP contribution < -0.4 is 11.5 Å². The Bertz CT molecular complexity index is 251. The molecule has 0 aliphatic heterocycles. The van der Waals surface area contributed by atoms with Crippen LogP contribution in [0.25, 0.3) is 5.03 Å². The van der Waals surface area contributed by atoms with Crippen molar-refractivity contribution < 1.29 is 0 Å². The van der Waals surface area contributed by atoms with Gasteiger partial charge >= 0.3 is 0 Å². The van der Waals surface area contributed by atoms with Crippen molar-refractivity contribution in [1.82, 2.24) is 4.98 Å². The quantitative estimate of drug-likeness (QED) is 0.571. The molecule has 0 atom stereocenters. The van der Waals surface area contributed by atoms with E-state index in [1.54, 1.807) is 12.3 Å². The van der Waals surface area contributed by atoms with E-state index in [1.807, 2.05) is 0 Å². The lowest BCUT2D eigenvalue weighted by atomic mass is 10.3. The molecule has 54 valence electrons. The second-order valence-electron chi connectivity index (χ2n) is 1.82. The van der Waals surface area contributed by atoms with Gasteiger partial charge in [-0.05, 0) is 6.07 Å². The topological polar surface area (TPSA) is 67.8 Å². The van der Waals surface area contributed by atoms with Gasteiger partial charge in [0, 0.05) is 12.4 Å². The van der Waals surface area contributed by atoms with Gasteiger partial charge in [0.1, 0.15) is 0 Å². The van der Waals surface area contributed by atoms with Crippen LogP contribution in [0, 0.1) is 0 Å². The van der Waals surface area contributed by atoms with Crippen LogP contribution in [-0.4, -0.2) is 4.98 Å². The highest BCUT2D eigenvalue weighted by molar-refractivity contribution is 6.48. The van der Waals surface area contributed by atoms with E-state index < -0.39 is 0 Å². The van der Waals surface area contributed by atoms with Crippen molar-refractivity contribution in [2.24, 2.45) is 5.73 Å². The van der Waals surface area contributed by atoms with Crippen molar-refractivity contribution in [3.8, 4) is 0 Å². The molecular weight excluding hydrogens is 150 g/mol. The van der Waals surface area contributed by atoms with Crippen LogP contribution in [0.3, 0.4) is 0 Å². The fourth-order valence-corrected chi connectivity index (χ4v) is 0.835. The molecule has 0 aliphatic rings. The molecule has 0 unspecified atom stereocenters. The van der Waals surface area contributed by atoms with Gasteiger partial charge in [-0.1, -0.05) is 11.6 Å². The minimum atomic E-state index is 0.433. The Morgan fingerprint density at radius 2 is 2.40 bits per heavy atom. The highest BCUT2D eigenvalue weighted by atomic mass is 35.5. The van der Waals surface area contributed by atoms with Gasteiger partial charge in [0.05, 0.1) is 16.4 Å². The summed E-state index contributed by atoms with van der Waals surface area (Å²) < 4.78 is 0. The molecule has 1 heterocycles. The molecule has 1 rings (SSSR count). The van der Waals surface area contributed by atoms with Crippen LogP contribution in [0.1, 0.15) is 5.69 Å². The molecule has 0 aromatic carbocycles. The number of H-pyrrole nitrogens is 1. The zero-order valence-corrected chi connectivity index (χ0v) is 6.02. The van der Waals surface area contributed by atoms with E-state index in [2.05, 4.69) is 4.98 Å². The van der Waals surface area contributed by atoms with E-state index in [9.17, 15) is 0 Å². The van der Waals surface area contributed by atoms with Gasteiger partial charge in [0.25, 0.3) is 0 Å². The zero-order chi connectivity index (χ0) is 7.56. The van der Waals surface area contributed by atoms with E-state index in [0.717, 1.165) is 0 Å². The number of nitrogen functional groups attached to an aromatic ring is 1. The van der Waals surface area contributed by atoms with Gasteiger partial charge in [-0.25, -0.2) is 0 Å². The molecule has 0 bridgehead atoms. The average Bonchev–Trinajstić information content (AvgIpc) is 2.34. The number of nitrogens with two attached hydrogens (primary N) is 2. The van der Waals surface area contributed by atoms with Gasteiger partial charge in [-0.3, -0.25) is 0 Å². The third-order valence-electron chi connectivity index (χ3n) is 1.16. The van der Waals surface area contributed by atoms with Gasteiger partial charge in [-0.15, -0.1) is 0 Å². The van der Waals surface area contributed by atoms with Gasteiger partial charge < -0.3 is 16.5 Å². The summed E-state index contributed by atoms with van der Waals surface area (Å²) in [6.45, 7) is 0. The normalized spacial score (nSPS) is 11.9. The van der Waals surface area contributed by atoms with Crippen molar-refractivity contribution in [1.29, 1.82) is 0 Å². The summed E-state index contributed by atoms with van der Waals surface area (Å²) in [7, 11) is 0. The first kappa shape index (κ1) is 7.02. The van der Waals surface area contributed by atoms with Crippen LogP contribution in [0.4, 0.5) is 5.69 Å². The molecule has 3 nitrogen and oxygen atoms in total. The van der Waals surface area contributed by atoms with Crippen LogP contribution in [0.2, 0.25) is 0 Å². The molecule has 0 saturated carbocycles. The van der Waals surface area contributed by atoms with E-state index >= 15 is 0 Å². The Hall–Kier alpha value is -1.09. The lowest BCUT2D eigenvalue weighted by Crippen LogP contribution is -1.89. The Balaban J connectivity index is 3.05. The molecule has 0 amide bonds. The molecule has 4 heteroatoms. The zero-order valence-electron chi connectivity index (χ0n) is 5.26. The predicted octanol–water partition coefficient (Wildman–Crippen LogP) is 1.09. The summed E-state index contributed by atoms with van der Waals surface area (Å²) in [6.07, 6.45) is 3.00. The van der Waals surface area contributed by atoms with Crippen LogP contribution in [0.15, 0.2) is 18.5 Å². The predicted molar refractivity (Wildman–Crippen MR) is 43.2 cm³/mol. The summed E-state index contributed by atoms with van der Waals surface area (Å²) >= 11 is 5.66. The minimum Gasteiger partial charge on any atom is -0.403 e. The fourth-order valence-electron chi connectivity index (χ4n) is 0.672. The number of aromatic amines is 1. The lowest BCUT2D eigenvalue weighted by molar-refractivity contribution is 1.36. The molecule has 0 aliphatic carbocycles. The van der Waals surface area contributed by atoms with Crippen molar-refractivity contribution in [3.05, 3.63) is 24.2 Å². The Morgan fingerprint density at radius 3 is 2.80 bits per heavy atom. The standard InChI is InChI=1S/C6H8ClN3/c7-4(3-8)6-5(9)1-2-10-6/h1-3,10H,8-9H2/b4-3+. The maximum Gasteiger partial charge on any atom is 0.0818 e. The van der Waals surface area contributed by atoms with Crippen molar-refractivity contribution >= 4 is 22.3 Å². The molecule has 1 aromatic rings. The molecular formula is C6H8ClN3. The first-order chi connectivity index (χ1) is 4.75. The maximum atomic E-state index is 5.66. The van der Waals surface area contributed by atoms with Crippen molar-refractivity contribution in [2.45, 2.75) is 0 Å². The van der Waals surface area contributed by atoms with Crippen LogP contribution >= 0.6 is 11.6 Å². The molecule has 5 N–H and O–H groups in total. The Labute approximate surface area is 63.7 Å². The highest BCUT2D eigenvalue weighted by Gasteiger charge is 2.01. The third-order valence-corrected chi connectivity index (χ3v) is 1.48. The molecule has 10 heavy (non-hydrogen) atoms. The van der Waals surface area contributed by atoms with Crippen LogP contribution in [0.5, 0.6) is 0 Å². The molecule has 0 fully saturated rings. The van der Waals surface area contributed by atoms with E-state index in [4.69, 9.17) is 23.1 Å². The van der Waals surface area contributed by atoms with Gasteiger partial charge in [0.15, 0.2) is 0 Å². The first-order valence-electron chi connectivity index (χ1n) is 2.76. The molecule has 0 radical (unpaired) electrons. The number of anilines is 1. The second-order valence-corrected chi connectivity index (χ2v) is 2.23. The van der Waals surface area contributed by atoms with E-state index in [1.165, 1.54) is 6.20 Å². The number of halogens is 1. The van der Waals surface area contributed by atoms with Crippen molar-refractivity contribution in [2.75, 3.05) is 5.73 Å². The van der Waals surface area contributed by atoms with Gasteiger partial charge in [0.2, 0.25) is 0 Å². The van der Waals surface area contributed by atoms with Gasteiger partial charge in [-0.2, -0.15) is 0 Å². The average molecular weight is 158 g/mol. The Morgan fingerprint density at radius 1 is 1.70 bits per heavy atom. The molecule has 0 saturated heterocycles. The first-order valence-corrected chi connectivity index (χ1v) is 3.14. The second kappa shape index (κ2) is 2.66. The number of aromatic nitrogens is 1. The maximum absolute atomic E-state index is 5.66. The summed E-state index contributed by atoms with van der Waals surface area (Å²) in [5.41, 5.74) is 11.9. The molecule has 0 spiro atoms. The lowest BCUT2D eigenvalue weighted by Gasteiger charge is -1.94. The Kier molecular flexibility index (Phi) is 1.87. The smallest absolute Gasteiger partial charge is 0.0818 e. The van der Waals surface area contributed by atoms with Crippen molar-refractivity contribution in [3.63, 3.8) is 0 Å². The summed E-state index contributed by atoms with van der Waals surface area (Å²) in [5.74, 6) is 0. The molecule has 1 aromatic heterocycles. The number of hydrogen-bond donors (Lipinski definition) is 3. The number of rotatable bonds is 1. The summed E-state index contributed by atoms with van der Waals surface area (Å²) in [4.78, 5) is 2.85.